The minimum Gasteiger partial charge on any atom is -0.468 e. The summed E-state index contributed by atoms with van der Waals surface area (Å²) in [5.41, 5.74) is 4.58. The van der Waals surface area contributed by atoms with Crippen LogP contribution in [-0.2, 0) is 16.0 Å². The van der Waals surface area contributed by atoms with Gasteiger partial charge in [0.05, 0.1) is 13.2 Å². The van der Waals surface area contributed by atoms with Crippen molar-refractivity contribution in [2.24, 2.45) is 0 Å². The van der Waals surface area contributed by atoms with Crippen LogP contribution in [0.1, 0.15) is 61.0 Å². The fourth-order valence-electron chi connectivity index (χ4n) is 6.93. The van der Waals surface area contributed by atoms with E-state index in [1.807, 2.05) is 18.2 Å². The van der Waals surface area contributed by atoms with Crippen LogP contribution in [0.5, 0.6) is 0 Å². The number of H-pyrrole nitrogens is 1. The molecule has 196 valence electrons. The number of ether oxygens (including phenoxy) is 1. The summed E-state index contributed by atoms with van der Waals surface area (Å²) in [4.78, 5) is 21.8. The summed E-state index contributed by atoms with van der Waals surface area (Å²) >= 11 is 0. The quantitative estimate of drug-likeness (QED) is 0.476. The van der Waals surface area contributed by atoms with Crippen molar-refractivity contribution >= 4 is 16.9 Å². The molecule has 6 nitrogen and oxygen atoms in total. The maximum Gasteiger partial charge on any atom is 0.323 e. The molecule has 3 aliphatic heterocycles. The zero-order chi connectivity index (χ0) is 25.4. The number of rotatable bonds is 6. The Bertz CT molecular complexity index is 1240. The molecule has 0 amide bonds. The summed E-state index contributed by atoms with van der Waals surface area (Å²) in [6.07, 6.45) is 6.32. The number of hydrogen-bond acceptors (Lipinski definition) is 5. The normalized spacial score (nSPS) is 26.5. The van der Waals surface area contributed by atoms with E-state index in [0.29, 0.717) is 6.42 Å². The van der Waals surface area contributed by atoms with Gasteiger partial charge in [-0.3, -0.25) is 9.69 Å². The van der Waals surface area contributed by atoms with Gasteiger partial charge in [-0.05, 0) is 68.1 Å². The minimum atomic E-state index is -0.383. The van der Waals surface area contributed by atoms with E-state index in [9.17, 15) is 9.18 Å². The Morgan fingerprint density at radius 1 is 1.05 bits per heavy atom. The fraction of sp³-hybridized carbons (Fsp3) is 0.500. The second-order valence-corrected chi connectivity index (χ2v) is 10.9. The number of hydrogen-bond donors (Lipinski definition) is 2. The van der Waals surface area contributed by atoms with E-state index in [0.717, 1.165) is 37.0 Å². The number of likely N-dealkylation sites (tertiary alicyclic amines) is 1. The van der Waals surface area contributed by atoms with E-state index in [-0.39, 0.29) is 36.0 Å². The minimum absolute atomic E-state index is 0.0181. The number of carbonyl (C=O) groups excluding carboxylic acids is 1. The van der Waals surface area contributed by atoms with E-state index >= 15 is 0 Å². The number of fused-ring (bicyclic) bond motifs is 5. The SMILES string of the molecule is COC(=O)[C@@H]1Cc2c([nH]c3ccccc23)[C@H]2C[C@H](NCCN3CCCCC3)C[C@@H](c3ccc(F)cc3)N21. The van der Waals surface area contributed by atoms with E-state index in [1.54, 1.807) is 0 Å². The Labute approximate surface area is 218 Å². The molecule has 4 atom stereocenters. The molecule has 0 saturated carbocycles. The highest BCUT2D eigenvalue weighted by Crippen LogP contribution is 2.48. The highest BCUT2D eigenvalue weighted by Gasteiger charge is 2.48. The first-order chi connectivity index (χ1) is 18.1. The average molecular weight is 505 g/mol. The van der Waals surface area contributed by atoms with Crippen molar-refractivity contribution in [3.63, 3.8) is 0 Å². The average Bonchev–Trinajstić information content (AvgIpc) is 3.32. The first-order valence-electron chi connectivity index (χ1n) is 13.8. The maximum atomic E-state index is 13.9. The van der Waals surface area contributed by atoms with Crippen LogP contribution in [0.25, 0.3) is 10.9 Å². The molecule has 6 rings (SSSR count). The smallest absolute Gasteiger partial charge is 0.323 e. The summed E-state index contributed by atoms with van der Waals surface area (Å²) in [5, 5.41) is 5.05. The Kier molecular flexibility index (Phi) is 7.02. The summed E-state index contributed by atoms with van der Waals surface area (Å²) in [6, 6.07) is 15.1. The largest absolute Gasteiger partial charge is 0.468 e. The monoisotopic (exact) mass is 504 g/mol. The molecule has 3 aliphatic rings. The van der Waals surface area contributed by atoms with Gasteiger partial charge in [-0.25, -0.2) is 4.39 Å². The molecule has 0 bridgehead atoms. The van der Waals surface area contributed by atoms with Crippen molar-refractivity contribution in [1.82, 2.24) is 20.1 Å². The van der Waals surface area contributed by atoms with Crippen molar-refractivity contribution in [2.45, 2.75) is 62.7 Å². The van der Waals surface area contributed by atoms with Crippen LogP contribution in [-0.4, -0.2) is 66.1 Å². The first-order valence-corrected chi connectivity index (χ1v) is 13.8. The fourth-order valence-corrected chi connectivity index (χ4v) is 6.93. The molecule has 0 unspecified atom stereocenters. The van der Waals surface area contributed by atoms with Crippen LogP contribution in [0.3, 0.4) is 0 Å². The van der Waals surface area contributed by atoms with Gasteiger partial charge in [0.25, 0.3) is 0 Å². The van der Waals surface area contributed by atoms with Crippen molar-refractivity contribution < 1.29 is 13.9 Å². The number of nitrogens with zero attached hydrogens (tertiary/aromatic N) is 2. The maximum absolute atomic E-state index is 13.9. The van der Waals surface area contributed by atoms with Gasteiger partial charge in [-0.15, -0.1) is 0 Å². The van der Waals surface area contributed by atoms with Crippen molar-refractivity contribution in [2.75, 3.05) is 33.3 Å². The van der Waals surface area contributed by atoms with E-state index in [4.69, 9.17) is 4.74 Å². The number of carbonyl (C=O) groups is 1. The number of piperidine rings is 2. The predicted octanol–water partition coefficient (Wildman–Crippen LogP) is 4.73. The molecule has 3 aromatic rings. The topological polar surface area (TPSA) is 60.6 Å². The molecule has 2 aromatic carbocycles. The first kappa shape index (κ1) is 24.6. The van der Waals surface area contributed by atoms with Crippen molar-refractivity contribution in [3.8, 4) is 0 Å². The number of benzene rings is 2. The van der Waals surface area contributed by atoms with Crippen LogP contribution in [0.15, 0.2) is 48.5 Å². The number of aromatic nitrogens is 1. The number of esters is 1. The molecule has 1 aromatic heterocycles. The number of nitrogens with one attached hydrogen (secondary N) is 2. The van der Waals surface area contributed by atoms with Gasteiger partial charge in [0.1, 0.15) is 11.9 Å². The van der Waals surface area contributed by atoms with Gasteiger partial charge in [0, 0.05) is 48.2 Å². The second-order valence-electron chi connectivity index (χ2n) is 10.9. The van der Waals surface area contributed by atoms with Crippen molar-refractivity contribution in [3.05, 3.63) is 71.2 Å². The zero-order valence-electron chi connectivity index (χ0n) is 21.6. The molecule has 37 heavy (non-hydrogen) atoms. The molecule has 2 N–H and O–H groups in total. The Hall–Kier alpha value is -2.74. The molecule has 7 heteroatoms. The summed E-state index contributed by atoms with van der Waals surface area (Å²) < 4.78 is 19.2. The summed E-state index contributed by atoms with van der Waals surface area (Å²) in [5.74, 6) is -0.446. The third-order valence-electron chi connectivity index (χ3n) is 8.71. The van der Waals surface area contributed by atoms with Crippen LogP contribution < -0.4 is 5.32 Å². The van der Waals surface area contributed by atoms with Crippen LogP contribution in [0.2, 0.25) is 0 Å². The predicted molar refractivity (Wildman–Crippen MR) is 143 cm³/mol. The number of aromatic amines is 1. The molecular weight excluding hydrogens is 467 g/mol. The lowest BCUT2D eigenvalue weighted by Crippen LogP contribution is -2.56. The molecule has 0 spiro atoms. The molecule has 2 saturated heterocycles. The lowest BCUT2D eigenvalue weighted by molar-refractivity contribution is -0.152. The Morgan fingerprint density at radius 2 is 1.81 bits per heavy atom. The van der Waals surface area contributed by atoms with E-state index in [2.05, 4.69) is 38.3 Å². The third kappa shape index (κ3) is 4.80. The van der Waals surface area contributed by atoms with Crippen molar-refractivity contribution in [1.29, 1.82) is 0 Å². The van der Waals surface area contributed by atoms with Gasteiger partial charge in [0.15, 0.2) is 0 Å². The molecule has 0 aliphatic carbocycles. The lowest BCUT2D eigenvalue weighted by Gasteiger charge is -2.51. The highest BCUT2D eigenvalue weighted by molar-refractivity contribution is 5.87. The van der Waals surface area contributed by atoms with E-state index in [1.165, 1.54) is 68.2 Å². The van der Waals surface area contributed by atoms with Crippen LogP contribution >= 0.6 is 0 Å². The molecule has 2 fully saturated rings. The van der Waals surface area contributed by atoms with Gasteiger partial charge >= 0.3 is 5.97 Å². The van der Waals surface area contributed by atoms with Gasteiger partial charge < -0.3 is 19.9 Å². The summed E-state index contributed by atoms with van der Waals surface area (Å²) in [6.45, 7) is 4.41. The zero-order valence-corrected chi connectivity index (χ0v) is 21.6. The number of methoxy groups -OCH3 is 1. The molecular formula is C30H37FN4O2. The van der Waals surface area contributed by atoms with Gasteiger partial charge in [0.2, 0.25) is 0 Å². The summed E-state index contributed by atoms with van der Waals surface area (Å²) in [7, 11) is 1.48. The van der Waals surface area contributed by atoms with Gasteiger partial charge in [-0.1, -0.05) is 36.8 Å². The lowest BCUT2D eigenvalue weighted by atomic mass is 9.79. The third-order valence-corrected chi connectivity index (χ3v) is 8.71. The molecule has 4 heterocycles. The number of para-hydroxylation sites is 1. The Morgan fingerprint density at radius 3 is 2.59 bits per heavy atom. The second kappa shape index (κ2) is 10.6. The van der Waals surface area contributed by atoms with Crippen LogP contribution in [0, 0.1) is 5.82 Å². The highest BCUT2D eigenvalue weighted by atomic mass is 19.1. The van der Waals surface area contributed by atoms with Gasteiger partial charge in [-0.2, -0.15) is 0 Å². The van der Waals surface area contributed by atoms with Crippen LogP contribution in [0.4, 0.5) is 4.39 Å². The van der Waals surface area contributed by atoms with E-state index < -0.39 is 0 Å². The molecule has 0 radical (unpaired) electrons. The Balaban J connectivity index is 1.35. The number of halogens is 1. The standard InChI is InChI=1S/C30H37FN4O2/c1-37-30(36)28-19-24-23-7-3-4-8-25(23)33-29(24)27-18-22(32-13-16-34-14-5-2-6-15-34)17-26(35(27)28)20-9-11-21(31)12-10-20/h3-4,7-12,22,26-28,32-33H,2,5-6,13-19H2,1H3/t22-,26+,27-,28+/m1/s1.